The molecule has 1 atom stereocenters. The summed E-state index contributed by atoms with van der Waals surface area (Å²) in [6.45, 7) is 1.96. The summed E-state index contributed by atoms with van der Waals surface area (Å²) in [5.41, 5.74) is 3.43. The predicted octanol–water partition coefficient (Wildman–Crippen LogP) is 3.92. The lowest BCUT2D eigenvalue weighted by atomic mass is 9.98. The lowest BCUT2D eigenvalue weighted by Crippen LogP contribution is -2.27. The molecule has 0 radical (unpaired) electrons. The Hall–Kier alpha value is -3.37. The van der Waals surface area contributed by atoms with Crippen LogP contribution in [0.4, 0.5) is 5.69 Å². The number of sulfonamides is 2. The van der Waals surface area contributed by atoms with E-state index in [-0.39, 0.29) is 4.90 Å². The zero-order valence-electron chi connectivity index (χ0n) is 19.0. The van der Waals surface area contributed by atoms with Crippen LogP contribution in [0.15, 0.2) is 82.8 Å². The number of nitrogens with zero attached hydrogens (tertiary/aromatic N) is 2. The predicted molar refractivity (Wildman–Crippen MR) is 132 cm³/mol. The van der Waals surface area contributed by atoms with Gasteiger partial charge in [0, 0.05) is 12.1 Å². The summed E-state index contributed by atoms with van der Waals surface area (Å²) in [6, 6.07) is 20.0. The Morgan fingerprint density at radius 1 is 0.971 bits per heavy atom. The maximum atomic E-state index is 13.6. The first-order valence-electron chi connectivity index (χ1n) is 10.5. The summed E-state index contributed by atoms with van der Waals surface area (Å²) in [5.74, 6) is 0.551. The second-order valence-electron chi connectivity index (χ2n) is 8.09. The maximum absolute atomic E-state index is 13.6. The van der Waals surface area contributed by atoms with Crippen LogP contribution in [-0.2, 0) is 20.0 Å². The van der Waals surface area contributed by atoms with Gasteiger partial charge >= 0.3 is 0 Å². The van der Waals surface area contributed by atoms with E-state index in [2.05, 4.69) is 9.82 Å². The van der Waals surface area contributed by atoms with Crippen LogP contribution >= 0.6 is 0 Å². The smallest absolute Gasteiger partial charge is 0.279 e. The molecular weight excluding hydrogens is 474 g/mol. The topological polar surface area (TPSA) is 105 Å². The largest absolute Gasteiger partial charge is 0.497 e. The number of aryl methyl sites for hydroxylation is 1. The molecule has 3 aromatic rings. The van der Waals surface area contributed by atoms with Crippen LogP contribution in [0, 0.1) is 6.92 Å². The Labute approximate surface area is 200 Å². The molecular formula is C24H25N3O5S2. The van der Waals surface area contributed by atoms with Crippen molar-refractivity contribution >= 4 is 31.4 Å². The molecule has 0 spiro atoms. The van der Waals surface area contributed by atoms with Gasteiger partial charge in [-0.25, -0.2) is 8.42 Å². The van der Waals surface area contributed by atoms with E-state index in [1.54, 1.807) is 36.4 Å². The van der Waals surface area contributed by atoms with Gasteiger partial charge in [-0.05, 0) is 54.4 Å². The standard InChI is InChI=1S/C24H25N3O5S2/c1-17-7-9-18(10-8-17)24-16-23(19-5-4-6-20(15-19)26-33(3,28)29)25-27(24)34(30,31)22-13-11-21(32-2)12-14-22/h4-15,24,26H,16H2,1-3H3. The minimum absolute atomic E-state index is 0.0999. The first-order valence-corrected chi connectivity index (χ1v) is 13.8. The van der Waals surface area contributed by atoms with Crippen LogP contribution in [0.5, 0.6) is 5.75 Å². The van der Waals surface area contributed by atoms with E-state index < -0.39 is 26.1 Å². The van der Waals surface area contributed by atoms with Gasteiger partial charge in [0.15, 0.2) is 0 Å². The summed E-state index contributed by atoms with van der Waals surface area (Å²) in [5, 5.41) is 4.52. The number of rotatable bonds is 7. The fourth-order valence-electron chi connectivity index (χ4n) is 3.75. The average Bonchev–Trinajstić information content (AvgIpc) is 3.25. The van der Waals surface area contributed by atoms with E-state index in [0.29, 0.717) is 29.1 Å². The highest BCUT2D eigenvalue weighted by Crippen LogP contribution is 2.37. The molecule has 1 unspecified atom stereocenters. The molecule has 1 N–H and O–H groups in total. The van der Waals surface area contributed by atoms with Crippen molar-refractivity contribution in [1.82, 2.24) is 4.41 Å². The molecule has 0 aliphatic carbocycles. The molecule has 8 nitrogen and oxygen atoms in total. The van der Waals surface area contributed by atoms with Gasteiger partial charge < -0.3 is 4.74 Å². The maximum Gasteiger partial charge on any atom is 0.279 e. The number of hydrogen-bond donors (Lipinski definition) is 1. The van der Waals surface area contributed by atoms with Gasteiger partial charge in [-0.3, -0.25) is 4.72 Å². The summed E-state index contributed by atoms with van der Waals surface area (Å²) >= 11 is 0. The van der Waals surface area contributed by atoms with Crippen molar-refractivity contribution in [1.29, 1.82) is 0 Å². The van der Waals surface area contributed by atoms with E-state index in [9.17, 15) is 16.8 Å². The molecule has 0 amide bonds. The van der Waals surface area contributed by atoms with Gasteiger partial charge in [0.05, 0.1) is 30.0 Å². The quantitative estimate of drug-likeness (QED) is 0.531. The van der Waals surface area contributed by atoms with E-state index in [1.165, 1.54) is 19.2 Å². The summed E-state index contributed by atoms with van der Waals surface area (Å²) in [4.78, 5) is 0.0999. The Kier molecular flexibility index (Phi) is 6.37. The van der Waals surface area contributed by atoms with E-state index >= 15 is 0 Å². The third-order valence-corrected chi connectivity index (χ3v) is 7.74. The zero-order valence-corrected chi connectivity index (χ0v) is 20.6. The summed E-state index contributed by atoms with van der Waals surface area (Å²) in [6.07, 6.45) is 1.41. The molecule has 178 valence electrons. The van der Waals surface area contributed by atoms with Crippen LogP contribution in [-0.4, -0.2) is 40.3 Å². The lowest BCUT2D eigenvalue weighted by molar-refractivity contribution is 0.371. The van der Waals surface area contributed by atoms with Crippen LogP contribution in [0.1, 0.15) is 29.2 Å². The molecule has 1 aliphatic heterocycles. The SMILES string of the molecule is COc1ccc(S(=O)(=O)N2N=C(c3cccc(NS(C)(=O)=O)c3)CC2c2ccc(C)cc2)cc1. The van der Waals surface area contributed by atoms with Crippen LogP contribution in [0.25, 0.3) is 0 Å². The van der Waals surface area contributed by atoms with E-state index in [1.807, 2.05) is 31.2 Å². The highest BCUT2D eigenvalue weighted by atomic mass is 32.2. The molecule has 1 aliphatic rings. The van der Waals surface area contributed by atoms with Gasteiger partial charge in [0.25, 0.3) is 10.0 Å². The van der Waals surface area contributed by atoms with Crippen molar-refractivity contribution in [2.45, 2.75) is 24.3 Å². The van der Waals surface area contributed by atoms with Crippen molar-refractivity contribution in [2.75, 3.05) is 18.1 Å². The highest BCUT2D eigenvalue weighted by molar-refractivity contribution is 7.92. The normalized spacial score (nSPS) is 16.3. The molecule has 4 rings (SSSR count). The first-order chi connectivity index (χ1) is 16.1. The van der Waals surface area contributed by atoms with E-state index in [0.717, 1.165) is 21.8 Å². The van der Waals surface area contributed by atoms with E-state index in [4.69, 9.17) is 4.74 Å². The fraction of sp³-hybridized carbons (Fsp3) is 0.208. The molecule has 0 fully saturated rings. The van der Waals surface area contributed by atoms with Crippen LogP contribution in [0.3, 0.4) is 0 Å². The van der Waals surface area contributed by atoms with Gasteiger partial charge in [0.1, 0.15) is 5.75 Å². The molecule has 34 heavy (non-hydrogen) atoms. The van der Waals surface area contributed by atoms with Gasteiger partial charge in [-0.1, -0.05) is 42.0 Å². The van der Waals surface area contributed by atoms with Crippen molar-refractivity contribution < 1.29 is 21.6 Å². The average molecular weight is 500 g/mol. The van der Waals surface area contributed by atoms with Crippen LogP contribution in [0.2, 0.25) is 0 Å². The zero-order chi connectivity index (χ0) is 24.5. The molecule has 10 heteroatoms. The molecule has 0 bridgehead atoms. The number of benzene rings is 3. The van der Waals surface area contributed by atoms with Crippen molar-refractivity contribution in [2.24, 2.45) is 5.10 Å². The van der Waals surface area contributed by atoms with Gasteiger partial charge in [-0.15, -0.1) is 0 Å². The second-order valence-corrected chi connectivity index (χ2v) is 11.6. The minimum atomic E-state index is -3.97. The van der Waals surface area contributed by atoms with Gasteiger partial charge in [-0.2, -0.15) is 17.9 Å². The fourth-order valence-corrected chi connectivity index (χ4v) is 5.74. The number of ether oxygens (including phenoxy) is 1. The van der Waals surface area contributed by atoms with Crippen molar-refractivity contribution in [3.63, 3.8) is 0 Å². The molecule has 0 aromatic heterocycles. The Morgan fingerprint density at radius 2 is 1.65 bits per heavy atom. The Bertz CT molecular complexity index is 1430. The second kappa shape index (κ2) is 9.11. The molecule has 0 saturated carbocycles. The third-order valence-electron chi connectivity index (χ3n) is 5.44. The lowest BCUT2D eigenvalue weighted by Gasteiger charge is -2.23. The molecule has 0 saturated heterocycles. The Balaban J connectivity index is 1.77. The number of hydrazone groups is 1. The number of nitrogens with one attached hydrogen (secondary N) is 1. The highest BCUT2D eigenvalue weighted by Gasteiger charge is 2.37. The Morgan fingerprint density at radius 3 is 2.26 bits per heavy atom. The first kappa shape index (κ1) is 23.8. The van der Waals surface area contributed by atoms with Crippen molar-refractivity contribution in [3.8, 4) is 5.75 Å². The van der Waals surface area contributed by atoms with Crippen molar-refractivity contribution in [3.05, 3.63) is 89.5 Å². The van der Waals surface area contributed by atoms with Gasteiger partial charge in [0.2, 0.25) is 10.0 Å². The molecule has 3 aromatic carbocycles. The summed E-state index contributed by atoms with van der Waals surface area (Å²) in [7, 11) is -5.92. The monoisotopic (exact) mass is 499 g/mol. The minimum Gasteiger partial charge on any atom is -0.497 e. The number of methoxy groups -OCH3 is 1. The number of hydrogen-bond acceptors (Lipinski definition) is 6. The summed E-state index contributed by atoms with van der Waals surface area (Å²) < 4.78 is 59.2. The number of anilines is 1. The van der Waals surface area contributed by atoms with Crippen LogP contribution < -0.4 is 9.46 Å². The molecule has 1 heterocycles. The third kappa shape index (κ3) is 5.07.